The lowest BCUT2D eigenvalue weighted by Gasteiger charge is -2.21. The van der Waals surface area contributed by atoms with E-state index >= 15 is 0 Å². The quantitative estimate of drug-likeness (QED) is 0.240. The molecule has 0 radical (unpaired) electrons. The second-order valence-electron chi connectivity index (χ2n) is 7.63. The van der Waals surface area contributed by atoms with Crippen LogP contribution in [0.15, 0.2) is 53.3 Å². The average Bonchev–Trinajstić information content (AvgIpc) is 2.70. The van der Waals surface area contributed by atoms with Crippen molar-refractivity contribution >= 4 is 5.69 Å². The molecule has 0 unspecified atom stereocenters. The van der Waals surface area contributed by atoms with Crippen molar-refractivity contribution in [3.63, 3.8) is 0 Å². The van der Waals surface area contributed by atoms with Crippen LogP contribution < -0.4 is 5.32 Å². The van der Waals surface area contributed by atoms with E-state index in [0.29, 0.717) is 0 Å². The zero-order valence-electron chi connectivity index (χ0n) is 18.4. The molecule has 0 fully saturated rings. The number of anilines is 1. The SMILES string of the molecule is CCCCC=C(CCCC)/C(CCCC)=C(/CCCC)Nc1ccccc1. The first-order chi connectivity index (χ1) is 13.3. The highest BCUT2D eigenvalue weighted by Crippen LogP contribution is 2.30. The highest BCUT2D eigenvalue weighted by atomic mass is 14.9. The Hall–Kier alpha value is -1.50. The third kappa shape index (κ3) is 9.84. The topological polar surface area (TPSA) is 12.0 Å². The van der Waals surface area contributed by atoms with Crippen LogP contribution >= 0.6 is 0 Å². The summed E-state index contributed by atoms with van der Waals surface area (Å²) in [6, 6.07) is 10.7. The van der Waals surface area contributed by atoms with Gasteiger partial charge >= 0.3 is 0 Å². The molecule has 0 aromatic heterocycles. The van der Waals surface area contributed by atoms with Gasteiger partial charge in [0.25, 0.3) is 0 Å². The van der Waals surface area contributed by atoms with E-state index in [1.807, 2.05) is 0 Å². The lowest BCUT2D eigenvalue weighted by Crippen LogP contribution is -2.07. The Morgan fingerprint density at radius 2 is 1.33 bits per heavy atom. The number of unbranched alkanes of at least 4 members (excludes halogenated alkanes) is 5. The van der Waals surface area contributed by atoms with Crippen molar-refractivity contribution in [3.8, 4) is 0 Å². The van der Waals surface area contributed by atoms with E-state index < -0.39 is 0 Å². The maximum atomic E-state index is 3.81. The minimum absolute atomic E-state index is 1.15. The molecule has 1 N–H and O–H groups in total. The summed E-state index contributed by atoms with van der Waals surface area (Å²) in [5.41, 5.74) is 5.92. The Balaban J connectivity index is 3.24. The van der Waals surface area contributed by atoms with Crippen LogP contribution in [0.3, 0.4) is 0 Å². The lowest BCUT2D eigenvalue weighted by atomic mass is 9.91. The maximum Gasteiger partial charge on any atom is 0.0381 e. The van der Waals surface area contributed by atoms with Crippen molar-refractivity contribution < 1.29 is 0 Å². The van der Waals surface area contributed by atoms with Gasteiger partial charge in [-0.05, 0) is 68.2 Å². The molecule has 1 nitrogen and oxygen atoms in total. The van der Waals surface area contributed by atoms with Crippen LogP contribution in [0.2, 0.25) is 0 Å². The molecule has 0 aliphatic heterocycles. The molecule has 0 amide bonds. The van der Waals surface area contributed by atoms with Gasteiger partial charge in [0.1, 0.15) is 0 Å². The summed E-state index contributed by atoms with van der Waals surface area (Å²) in [4.78, 5) is 0. The molecule has 0 bridgehead atoms. The summed E-state index contributed by atoms with van der Waals surface area (Å²) >= 11 is 0. The molecular weight excluding hydrogens is 326 g/mol. The predicted molar refractivity (Wildman–Crippen MR) is 123 cm³/mol. The molecule has 152 valence electrons. The summed E-state index contributed by atoms with van der Waals surface area (Å²) < 4.78 is 0. The first-order valence-corrected chi connectivity index (χ1v) is 11.5. The van der Waals surface area contributed by atoms with Crippen molar-refractivity contribution in [2.45, 2.75) is 105 Å². The molecule has 1 aromatic rings. The van der Waals surface area contributed by atoms with Gasteiger partial charge in [-0.2, -0.15) is 0 Å². The van der Waals surface area contributed by atoms with Crippen molar-refractivity contribution in [3.05, 3.63) is 53.3 Å². The van der Waals surface area contributed by atoms with E-state index in [9.17, 15) is 0 Å². The number of allylic oxidation sites excluding steroid dienone is 4. The molecule has 0 saturated carbocycles. The highest BCUT2D eigenvalue weighted by Gasteiger charge is 2.12. The Morgan fingerprint density at radius 3 is 1.96 bits per heavy atom. The minimum atomic E-state index is 1.15. The van der Waals surface area contributed by atoms with Gasteiger partial charge < -0.3 is 5.32 Å². The van der Waals surface area contributed by atoms with E-state index in [1.54, 1.807) is 11.1 Å². The molecule has 27 heavy (non-hydrogen) atoms. The van der Waals surface area contributed by atoms with Crippen LogP contribution in [-0.4, -0.2) is 0 Å². The van der Waals surface area contributed by atoms with Gasteiger partial charge in [-0.3, -0.25) is 0 Å². The van der Waals surface area contributed by atoms with Crippen molar-refractivity contribution in [1.82, 2.24) is 0 Å². The summed E-state index contributed by atoms with van der Waals surface area (Å²) in [5, 5.41) is 3.81. The number of benzene rings is 1. The van der Waals surface area contributed by atoms with Gasteiger partial charge in [-0.15, -0.1) is 0 Å². The zero-order valence-corrected chi connectivity index (χ0v) is 18.4. The highest BCUT2D eigenvalue weighted by molar-refractivity contribution is 5.51. The van der Waals surface area contributed by atoms with Crippen molar-refractivity contribution in [2.24, 2.45) is 0 Å². The molecule has 0 aliphatic rings. The van der Waals surface area contributed by atoms with Crippen LogP contribution in [0.1, 0.15) is 105 Å². The average molecular weight is 370 g/mol. The van der Waals surface area contributed by atoms with E-state index in [0.717, 1.165) is 6.42 Å². The molecule has 0 atom stereocenters. The molecule has 1 rings (SSSR count). The fourth-order valence-electron chi connectivity index (χ4n) is 3.42. The number of rotatable bonds is 15. The minimum Gasteiger partial charge on any atom is -0.359 e. The van der Waals surface area contributed by atoms with Gasteiger partial charge in [-0.25, -0.2) is 0 Å². The summed E-state index contributed by atoms with van der Waals surface area (Å²) in [6.07, 6.45) is 17.5. The number of nitrogens with one attached hydrogen (secondary N) is 1. The first-order valence-electron chi connectivity index (χ1n) is 11.5. The predicted octanol–water partition coefficient (Wildman–Crippen LogP) is 9.04. The van der Waals surface area contributed by atoms with Gasteiger partial charge in [-0.1, -0.05) is 84.1 Å². The molecule has 0 spiro atoms. The van der Waals surface area contributed by atoms with E-state index in [4.69, 9.17) is 0 Å². The molecular formula is C26H43N. The second kappa shape index (κ2) is 15.5. The van der Waals surface area contributed by atoms with Crippen LogP contribution in [0.4, 0.5) is 5.69 Å². The third-order valence-electron chi connectivity index (χ3n) is 5.13. The Kier molecular flexibility index (Phi) is 13.6. The monoisotopic (exact) mass is 369 g/mol. The Labute approximate surface area is 169 Å². The Bertz CT molecular complexity index is 539. The van der Waals surface area contributed by atoms with E-state index in [-0.39, 0.29) is 0 Å². The van der Waals surface area contributed by atoms with Crippen molar-refractivity contribution in [2.75, 3.05) is 5.32 Å². The van der Waals surface area contributed by atoms with E-state index in [2.05, 4.69) is 69.4 Å². The Morgan fingerprint density at radius 1 is 0.741 bits per heavy atom. The zero-order chi connectivity index (χ0) is 19.7. The fourth-order valence-corrected chi connectivity index (χ4v) is 3.42. The maximum absolute atomic E-state index is 3.81. The standard InChI is InChI=1S/C26H43N/c1-5-9-14-18-23(17-10-6-2)25(21-11-7-3)26(22-12-8-4)27-24-19-15-13-16-20-24/h13,15-16,18-20,27H,5-12,14,17,21-22H2,1-4H3/b23-18?,26-25-. The number of para-hydroxylation sites is 1. The van der Waals surface area contributed by atoms with Gasteiger partial charge in [0.15, 0.2) is 0 Å². The summed E-state index contributed by atoms with van der Waals surface area (Å²) in [5.74, 6) is 0. The first kappa shape index (κ1) is 23.5. The van der Waals surface area contributed by atoms with Gasteiger partial charge in [0, 0.05) is 11.4 Å². The normalized spacial score (nSPS) is 12.8. The second-order valence-corrected chi connectivity index (χ2v) is 7.63. The molecule has 1 aromatic carbocycles. The largest absolute Gasteiger partial charge is 0.359 e. The smallest absolute Gasteiger partial charge is 0.0381 e. The fraction of sp³-hybridized carbons (Fsp3) is 0.615. The lowest BCUT2D eigenvalue weighted by molar-refractivity contribution is 0.722. The summed E-state index contributed by atoms with van der Waals surface area (Å²) in [6.45, 7) is 9.19. The molecule has 0 saturated heterocycles. The molecule has 0 heterocycles. The number of hydrogen-bond donors (Lipinski definition) is 1. The van der Waals surface area contributed by atoms with Crippen LogP contribution in [0, 0.1) is 0 Å². The molecule has 1 heteroatoms. The van der Waals surface area contributed by atoms with Crippen LogP contribution in [0.25, 0.3) is 0 Å². The van der Waals surface area contributed by atoms with Crippen LogP contribution in [-0.2, 0) is 0 Å². The third-order valence-corrected chi connectivity index (χ3v) is 5.13. The van der Waals surface area contributed by atoms with Gasteiger partial charge in [0.05, 0.1) is 0 Å². The van der Waals surface area contributed by atoms with Gasteiger partial charge in [0.2, 0.25) is 0 Å². The number of hydrogen-bond acceptors (Lipinski definition) is 1. The van der Waals surface area contributed by atoms with E-state index in [1.165, 1.54) is 82.0 Å². The molecule has 0 aliphatic carbocycles. The van der Waals surface area contributed by atoms with Crippen LogP contribution in [0.5, 0.6) is 0 Å². The summed E-state index contributed by atoms with van der Waals surface area (Å²) in [7, 11) is 0. The van der Waals surface area contributed by atoms with Crippen molar-refractivity contribution in [1.29, 1.82) is 0 Å².